The van der Waals surface area contributed by atoms with Crippen LogP contribution in [0.2, 0.25) is 0 Å². The molecular formula is C4H7N2SY-. The van der Waals surface area contributed by atoms with Gasteiger partial charge in [-0.05, 0) is 0 Å². The van der Waals surface area contributed by atoms with E-state index in [2.05, 4.69) is 15.0 Å². The summed E-state index contributed by atoms with van der Waals surface area (Å²) in [6.07, 6.45) is 0. The van der Waals surface area contributed by atoms with E-state index in [0.29, 0.717) is 0 Å². The van der Waals surface area contributed by atoms with Crippen molar-refractivity contribution in [1.82, 2.24) is 9.59 Å². The van der Waals surface area contributed by atoms with Gasteiger partial charge in [-0.2, -0.15) is 5.10 Å². The van der Waals surface area contributed by atoms with Gasteiger partial charge in [0.2, 0.25) is 0 Å². The number of nitrogens with zero attached hydrogens (tertiary/aromatic N) is 2. The van der Waals surface area contributed by atoms with E-state index in [-0.39, 0.29) is 40.1 Å². The summed E-state index contributed by atoms with van der Waals surface area (Å²) < 4.78 is 3.56. The number of aromatic nitrogens is 2. The van der Waals surface area contributed by atoms with E-state index >= 15 is 0 Å². The summed E-state index contributed by atoms with van der Waals surface area (Å²) in [4.78, 5) is 0. The maximum atomic E-state index is 3.63. The zero-order chi connectivity index (χ0) is 4.41. The van der Waals surface area contributed by atoms with Crippen molar-refractivity contribution < 1.29 is 32.7 Å². The van der Waals surface area contributed by atoms with Gasteiger partial charge in [-0.15, -0.1) is 10.2 Å². The van der Waals surface area contributed by atoms with Crippen molar-refractivity contribution >= 4 is 11.5 Å². The molecular weight excluding hydrogens is 197 g/mol. The summed E-state index contributed by atoms with van der Waals surface area (Å²) >= 11 is 1.25. The molecule has 1 heterocycles. The third-order valence-electron chi connectivity index (χ3n) is 0.425. The van der Waals surface area contributed by atoms with Crippen LogP contribution < -0.4 is 0 Å². The average Bonchev–Trinajstić information content (AvgIpc) is 1.86. The topological polar surface area (TPSA) is 25.8 Å². The SMILES string of the molecule is C.Cc1[c-]snn1.[Y]. The Labute approximate surface area is 78.7 Å². The number of hydrogen-bond acceptors (Lipinski definition) is 3. The fraction of sp³-hybridized carbons (Fsp3) is 0.500. The fourth-order valence-corrected chi connectivity index (χ4v) is 0.566. The molecule has 0 saturated heterocycles. The Morgan fingerprint density at radius 3 is 2.38 bits per heavy atom. The summed E-state index contributed by atoms with van der Waals surface area (Å²) in [5, 5.41) is 6.45. The largest absolute Gasteiger partial charge is 0.363 e. The van der Waals surface area contributed by atoms with Crippen LogP contribution in [-0.4, -0.2) is 9.59 Å². The molecule has 0 atom stereocenters. The first kappa shape index (κ1) is 11.5. The predicted octanol–water partition coefficient (Wildman–Crippen LogP) is 1.28. The number of hydrogen-bond donors (Lipinski definition) is 0. The Morgan fingerprint density at radius 1 is 1.62 bits per heavy atom. The first-order valence-electron chi connectivity index (χ1n) is 1.56. The summed E-state index contributed by atoms with van der Waals surface area (Å²) in [7, 11) is 0. The number of rotatable bonds is 0. The summed E-state index contributed by atoms with van der Waals surface area (Å²) in [5.41, 5.74) is 0.875. The van der Waals surface area contributed by atoms with E-state index in [1.165, 1.54) is 11.5 Å². The second-order valence-corrected chi connectivity index (χ2v) is 1.51. The molecule has 2 nitrogen and oxygen atoms in total. The Kier molecular flexibility index (Phi) is 8.30. The third-order valence-corrected chi connectivity index (χ3v) is 0.975. The normalized spacial score (nSPS) is 6.62. The van der Waals surface area contributed by atoms with Crippen LogP contribution >= 0.6 is 11.5 Å². The molecule has 0 aromatic carbocycles. The smallest absolute Gasteiger partial charge is 0 e. The molecule has 0 amide bonds. The molecule has 0 aliphatic carbocycles. The first-order valence-corrected chi connectivity index (χ1v) is 2.33. The van der Waals surface area contributed by atoms with Crippen LogP contribution in [0.15, 0.2) is 0 Å². The second-order valence-electron chi connectivity index (χ2n) is 0.960. The van der Waals surface area contributed by atoms with E-state index in [1.807, 2.05) is 6.92 Å². The van der Waals surface area contributed by atoms with Crippen LogP contribution in [-0.2, 0) is 32.7 Å². The molecule has 1 radical (unpaired) electrons. The zero-order valence-corrected chi connectivity index (χ0v) is 7.53. The molecule has 1 aromatic rings. The Balaban J connectivity index is 0. The van der Waals surface area contributed by atoms with Gasteiger partial charge in [-0.25, -0.2) is 11.5 Å². The molecule has 0 bridgehead atoms. The minimum atomic E-state index is 0. The van der Waals surface area contributed by atoms with Crippen LogP contribution in [0.4, 0.5) is 0 Å². The molecule has 1 aromatic heterocycles. The molecule has 0 aliphatic rings. The van der Waals surface area contributed by atoms with Crippen LogP contribution in [0.1, 0.15) is 13.1 Å². The van der Waals surface area contributed by atoms with E-state index in [1.54, 1.807) is 0 Å². The fourth-order valence-electron chi connectivity index (χ4n) is 0.189. The maximum Gasteiger partial charge on any atom is 0 e. The summed E-state index contributed by atoms with van der Waals surface area (Å²) in [6, 6.07) is 0. The third kappa shape index (κ3) is 3.64. The van der Waals surface area contributed by atoms with Crippen LogP contribution in [0.5, 0.6) is 0 Å². The molecule has 1 rings (SSSR count). The molecule has 0 unspecified atom stereocenters. The van der Waals surface area contributed by atoms with Gasteiger partial charge in [0.1, 0.15) is 0 Å². The molecule has 0 spiro atoms. The van der Waals surface area contributed by atoms with Crippen molar-refractivity contribution in [2.24, 2.45) is 0 Å². The molecule has 8 heavy (non-hydrogen) atoms. The van der Waals surface area contributed by atoms with Gasteiger partial charge in [0.25, 0.3) is 0 Å². The summed E-state index contributed by atoms with van der Waals surface area (Å²) in [5.74, 6) is 0. The maximum absolute atomic E-state index is 3.63. The van der Waals surface area contributed by atoms with E-state index in [9.17, 15) is 0 Å². The minimum absolute atomic E-state index is 0. The Morgan fingerprint density at radius 2 is 2.25 bits per heavy atom. The molecule has 0 N–H and O–H groups in total. The zero-order valence-electron chi connectivity index (χ0n) is 3.88. The van der Waals surface area contributed by atoms with Crippen molar-refractivity contribution in [2.45, 2.75) is 14.4 Å². The van der Waals surface area contributed by atoms with Gasteiger partial charge >= 0.3 is 0 Å². The van der Waals surface area contributed by atoms with E-state index in [0.717, 1.165) is 5.69 Å². The molecule has 4 heteroatoms. The minimum Gasteiger partial charge on any atom is -0.363 e. The number of aryl methyl sites for hydroxylation is 1. The van der Waals surface area contributed by atoms with Crippen molar-refractivity contribution in [2.75, 3.05) is 0 Å². The van der Waals surface area contributed by atoms with Crippen LogP contribution in [0.25, 0.3) is 0 Å². The van der Waals surface area contributed by atoms with Crippen molar-refractivity contribution in [3.63, 3.8) is 0 Å². The quantitative estimate of drug-likeness (QED) is 0.595. The first-order chi connectivity index (χ1) is 2.89. The van der Waals surface area contributed by atoms with E-state index in [4.69, 9.17) is 0 Å². The van der Waals surface area contributed by atoms with Gasteiger partial charge in [0.05, 0.1) is 0 Å². The van der Waals surface area contributed by atoms with Gasteiger partial charge in [-0.3, -0.25) is 0 Å². The van der Waals surface area contributed by atoms with Gasteiger partial charge in [0.15, 0.2) is 0 Å². The molecule has 0 fully saturated rings. The monoisotopic (exact) mass is 204 g/mol. The van der Waals surface area contributed by atoms with E-state index < -0.39 is 0 Å². The van der Waals surface area contributed by atoms with Gasteiger partial charge < -0.3 is 5.38 Å². The molecule has 0 saturated carbocycles. The van der Waals surface area contributed by atoms with Gasteiger partial charge in [0, 0.05) is 32.7 Å². The Bertz CT molecular complexity index is 118. The van der Waals surface area contributed by atoms with Crippen molar-refractivity contribution in [3.05, 3.63) is 11.1 Å². The van der Waals surface area contributed by atoms with Gasteiger partial charge in [-0.1, -0.05) is 14.4 Å². The van der Waals surface area contributed by atoms with Crippen molar-refractivity contribution in [1.29, 1.82) is 0 Å². The second kappa shape index (κ2) is 5.79. The predicted molar refractivity (Wildman–Crippen MR) is 30.2 cm³/mol. The standard InChI is InChI=1S/C3H3N2S.CH4.Y/c1-3-2-6-5-4-3;;/h1H3;1H4;/q-1;;. The van der Waals surface area contributed by atoms with Crippen LogP contribution in [0, 0.1) is 12.3 Å². The molecule has 43 valence electrons. The Hall–Kier alpha value is 0.664. The molecule has 0 aliphatic heterocycles. The summed E-state index contributed by atoms with van der Waals surface area (Å²) in [6.45, 7) is 1.86. The van der Waals surface area contributed by atoms with Crippen LogP contribution in [0.3, 0.4) is 0 Å². The average molecular weight is 204 g/mol. The van der Waals surface area contributed by atoms with Crippen molar-refractivity contribution in [3.8, 4) is 0 Å².